The van der Waals surface area contributed by atoms with E-state index in [1.54, 1.807) is 12.1 Å². The first kappa shape index (κ1) is 14.2. The highest BCUT2D eigenvalue weighted by atomic mass is 32.2. The number of benzene rings is 1. The van der Waals surface area contributed by atoms with E-state index in [1.165, 1.54) is 33.1 Å². The minimum absolute atomic E-state index is 0.106. The van der Waals surface area contributed by atoms with E-state index >= 15 is 0 Å². The van der Waals surface area contributed by atoms with Crippen LogP contribution in [0.15, 0.2) is 17.0 Å². The lowest BCUT2D eigenvalue weighted by Gasteiger charge is -2.12. The Morgan fingerprint density at radius 1 is 1.28 bits per heavy atom. The van der Waals surface area contributed by atoms with Crippen molar-refractivity contribution in [3.8, 4) is 17.6 Å². The number of carbonyl (C=O) groups excluding carboxylic acids is 1. The van der Waals surface area contributed by atoms with E-state index in [1.807, 2.05) is 0 Å². The Kier molecular flexibility index (Phi) is 5.33. The van der Waals surface area contributed by atoms with Crippen molar-refractivity contribution >= 4 is 17.7 Å². The van der Waals surface area contributed by atoms with E-state index in [0.717, 1.165) is 0 Å². The summed E-state index contributed by atoms with van der Waals surface area (Å²) in [6.45, 7) is 0. The molecule has 0 heterocycles. The van der Waals surface area contributed by atoms with Crippen LogP contribution in [0.25, 0.3) is 0 Å². The molecular weight excluding hydrogens is 254 g/mol. The third kappa shape index (κ3) is 3.08. The van der Waals surface area contributed by atoms with E-state index in [9.17, 15) is 4.79 Å². The first-order valence-corrected chi connectivity index (χ1v) is 6.01. The molecule has 0 aliphatic rings. The van der Waals surface area contributed by atoms with E-state index < -0.39 is 0 Å². The Morgan fingerprint density at radius 2 is 1.89 bits per heavy atom. The highest BCUT2D eigenvalue weighted by Gasteiger charge is 2.16. The van der Waals surface area contributed by atoms with Crippen LogP contribution in [0.3, 0.4) is 0 Å². The molecule has 0 fully saturated rings. The van der Waals surface area contributed by atoms with Gasteiger partial charge in [0.15, 0.2) is 0 Å². The van der Waals surface area contributed by atoms with Gasteiger partial charge in [-0.05, 0) is 12.1 Å². The standard InChI is InChI=1S/C12H13NO4S/c1-15-9-4-5-10(16-2)12(8(9)6-13)18-7-11(14)17-3/h4-5H,7H2,1-3H3. The van der Waals surface area contributed by atoms with Crippen LogP contribution in [0.1, 0.15) is 5.56 Å². The third-order valence-corrected chi connectivity index (χ3v) is 3.27. The molecule has 0 aliphatic heterocycles. The molecule has 0 saturated heterocycles. The SMILES string of the molecule is COC(=O)CSc1c(OC)ccc(OC)c1C#N. The van der Waals surface area contributed by atoms with Crippen molar-refractivity contribution in [1.29, 1.82) is 5.26 Å². The van der Waals surface area contributed by atoms with Crippen molar-refractivity contribution < 1.29 is 19.0 Å². The molecule has 0 unspecified atom stereocenters. The molecule has 5 nitrogen and oxygen atoms in total. The van der Waals surface area contributed by atoms with Crippen molar-refractivity contribution in [3.05, 3.63) is 17.7 Å². The van der Waals surface area contributed by atoms with Crippen LogP contribution < -0.4 is 9.47 Å². The molecule has 0 bridgehead atoms. The summed E-state index contributed by atoms with van der Waals surface area (Å²) in [5.41, 5.74) is 0.353. The average molecular weight is 267 g/mol. The van der Waals surface area contributed by atoms with E-state index in [0.29, 0.717) is 22.0 Å². The Morgan fingerprint density at radius 3 is 2.39 bits per heavy atom. The predicted octanol–water partition coefficient (Wildman–Crippen LogP) is 1.84. The minimum atomic E-state index is -0.367. The van der Waals surface area contributed by atoms with Gasteiger partial charge in [-0.2, -0.15) is 5.26 Å². The van der Waals surface area contributed by atoms with Gasteiger partial charge in [0.1, 0.15) is 23.1 Å². The highest BCUT2D eigenvalue weighted by molar-refractivity contribution is 8.00. The van der Waals surface area contributed by atoms with Gasteiger partial charge in [0.2, 0.25) is 0 Å². The Balaban J connectivity index is 3.12. The number of esters is 1. The van der Waals surface area contributed by atoms with Gasteiger partial charge in [0.25, 0.3) is 0 Å². The summed E-state index contributed by atoms with van der Waals surface area (Å²) in [7, 11) is 4.31. The number of rotatable bonds is 5. The molecule has 0 aromatic heterocycles. The van der Waals surface area contributed by atoms with Crippen LogP contribution in [-0.2, 0) is 9.53 Å². The summed E-state index contributed by atoms with van der Waals surface area (Å²) in [5, 5.41) is 9.16. The van der Waals surface area contributed by atoms with E-state index in [4.69, 9.17) is 14.7 Å². The lowest BCUT2D eigenvalue weighted by atomic mass is 10.2. The van der Waals surface area contributed by atoms with Crippen LogP contribution in [-0.4, -0.2) is 33.1 Å². The zero-order chi connectivity index (χ0) is 13.5. The zero-order valence-electron chi connectivity index (χ0n) is 10.4. The first-order chi connectivity index (χ1) is 8.67. The molecule has 0 atom stereocenters. The summed E-state index contributed by atoms with van der Waals surface area (Å²) in [5.74, 6) is 0.718. The van der Waals surface area contributed by atoms with Crippen LogP contribution in [0.5, 0.6) is 11.5 Å². The van der Waals surface area contributed by atoms with Crippen molar-refractivity contribution in [1.82, 2.24) is 0 Å². The van der Waals surface area contributed by atoms with Crippen molar-refractivity contribution in [2.45, 2.75) is 4.90 Å². The molecule has 0 N–H and O–H groups in total. The summed E-state index contributed by atoms with van der Waals surface area (Å²) >= 11 is 1.18. The molecule has 0 spiro atoms. The second-order valence-electron chi connectivity index (χ2n) is 3.15. The molecule has 6 heteroatoms. The van der Waals surface area contributed by atoms with E-state index in [2.05, 4.69) is 10.8 Å². The van der Waals surface area contributed by atoms with Crippen LogP contribution >= 0.6 is 11.8 Å². The molecule has 1 aromatic carbocycles. The number of nitrogens with zero attached hydrogens (tertiary/aromatic N) is 1. The normalized spacial score (nSPS) is 9.44. The third-order valence-electron chi connectivity index (χ3n) is 2.20. The Labute approximate surface area is 110 Å². The predicted molar refractivity (Wildman–Crippen MR) is 67.0 cm³/mol. The van der Waals surface area contributed by atoms with Crippen LogP contribution in [0, 0.1) is 11.3 Å². The Hall–Kier alpha value is -1.87. The van der Waals surface area contributed by atoms with Gasteiger partial charge in [-0.25, -0.2) is 0 Å². The molecule has 0 amide bonds. The molecule has 18 heavy (non-hydrogen) atoms. The van der Waals surface area contributed by atoms with Gasteiger partial charge in [-0.1, -0.05) is 0 Å². The lowest BCUT2D eigenvalue weighted by molar-refractivity contribution is -0.137. The van der Waals surface area contributed by atoms with Gasteiger partial charge >= 0.3 is 5.97 Å². The van der Waals surface area contributed by atoms with Crippen molar-refractivity contribution in [3.63, 3.8) is 0 Å². The molecule has 1 rings (SSSR count). The maximum Gasteiger partial charge on any atom is 0.315 e. The van der Waals surface area contributed by atoms with Crippen molar-refractivity contribution in [2.24, 2.45) is 0 Å². The van der Waals surface area contributed by atoms with E-state index in [-0.39, 0.29) is 11.7 Å². The summed E-state index contributed by atoms with van der Waals surface area (Å²) < 4.78 is 14.8. The second kappa shape index (κ2) is 6.77. The van der Waals surface area contributed by atoms with Gasteiger partial charge in [0.05, 0.1) is 32.0 Å². The summed E-state index contributed by atoms with van der Waals surface area (Å²) in [4.78, 5) is 11.7. The van der Waals surface area contributed by atoms with Crippen molar-refractivity contribution in [2.75, 3.05) is 27.1 Å². The number of ether oxygens (including phenoxy) is 3. The first-order valence-electron chi connectivity index (χ1n) is 5.02. The smallest absolute Gasteiger partial charge is 0.315 e. The fraction of sp³-hybridized carbons (Fsp3) is 0.333. The summed E-state index contributed by atoms with van der Waals surface area (Å²) in [6.07, 6.45) is 0. The maximum absolute atomic E-state index is 11.1. The second-order valence-corrected chi connectivity index (χ2v) is 4.14. The van der Waals surface area contributed by atoms with Gasteiger partial charge < -0.3 is 14.2 Å². The fourth-order valence-electron chi connectivity index (χ4n) is 1.32. The number of carbonyl (C=O) groups is 1. The largest absolute Gasteiger partial charge is 0.496 e. The fourth-order valence-corrected chi connectivity index (χ4v) is 2.28. The molecule has 0 aliphatic carbocycles. The van der Waals surface area contributed by atoms with Gasteiger partial charge in [-0.15, -0.1) is 11.8 Å². The Bertz CT molecular complexity index is 482. The topological polar surface area (TPSA) is 68.6 Å². The molecule has 1 aromatic rings. The molecule has 0 radical (unpaired) electrons. The number of hydrogen-bond acceptors (Lipinski definition) is 6. The number of methoxy groups -OCH3 is 3. The average Bonchev–Trinajstić information content (AvgIpc) is 2.43. The zero-order valence-corrected chi connectivity index (χ0v) is 11.2. The lowest BCUT2D eigenvalue weighted by Crippen LogP contribution is -2.04. The monoisotopic (exact) mass is 267 g/mol. The number of hydrogen-bond donors (Lipinski definition) is 0. The van der Waals surface area contributed by atoms with Crippen LogP contribution in [0.2, 0.25) is 0 Å². The van der Waals surface area contributed by atoms with Crippen LogP contribution in [0.4, 0.5) is 0 Å². The number of thioether (sulfide) groups is 1. The maximum atomic E-state index is 11.1. The minimum Gasteiger partial charge on any atom is -0.496 e. The quantitative estimate of drug-likeness (QED) is 0.599. The van der Waals surface area contributed by atoms with Gasteiger partial charge in [0, 0.05) is 0 Å². The van der Waals surface area contributed by atoms with Gasteiger partial charge in [-0.3, -0.25) is 4.79 Å². The molecule has 0 saturated carbocycles. The molecule has 96 valence electrons. The molecular formula is C12H13NO4S. The highest BCUT2D eigenvalue weighted by Crippen LogP contribution is 2.37. The number of nitriles is 1. The summed E-state index contributed by atoms with van der Waals surface area (Å²) in [6, 6.07) is 5.40.